The zero-order valence-electron chi connectivity index (χ0n) is 10.5. The van der Waals surface area contributed by atoms with E-state index in [1.807, 2.05) is 17.9 Å². The van der Waals surface area contributed by atoms with Gasteiger partial charge in [0, 0.05) is 26.7 Å². The highest BCUT2D eigenvalue weighted by atomic mass is 15.5. The van der Waals surface area contributed by atoms with Crippen LogP contribution < -0.4 is 10.6 Å². The molecule has 1 aromatic rings. The molecule has 1 aliphatic rings. The van der Waals surface area contributed by atoms with Crippen molar-refractivity contribution in [1.29, 1.82) is 0 Å². The third-order valence-electron chi connectivity index (χ3n) is 3.28. The molecular weight excluding hydrogens is 216 g/mol. The zero-order valence-corrected chi connectivity index (χ0v) is 10.5. The number of aromatic nitrogens is 3. The molecule has 1 fully saturated rings. The van der Waals surface area contributed by atoms with Crippen molar-refractivity contribution in [1.82, 2.24) is 19.9 Å². The smallest absolute Gasteiger partial charge is 0.147 e. The Kier molecular flexibility index (Phi) is 4.33. The molecule has 0 radical (unpaired) electrons. The average Bonchev–Trinajstić information content (AvgIpc) is 2.63. The Morgan fingerprint density at radius 2 is 2.18 bits per heavy atom. The molecule has 1 saturated heterocycles. The Balaban J connectivity index is 1.90. The van der Waals surface area contributed by atoms with Crippen molar-refractivity contribution in [3.8, 4) is 0 Å². The molecule has 1 aliphatic heterocycles. The SMILES string of the molecule is Cn1nncc1N1CCCN(CCCN)CC1. The second kappa shape index (κ2) is 5.97. The summed E-state index contributed by atoms with van der Waals surface area (Å²) in [6.07, 6.45) is 4.12. The molecule has 2 N–H and O–H groups in total. The van der Waals surface area contributed by atoms with Gasteiger partial charge in [0.15, 0.2) is 0 Å². The van der Waals surface area contributed by atoms with E-state index in [1.54, 1.807) is 0 Å². The molecule has 17 heavy (non-hydrogen) atoms. The molecule has 0 aromatic carbocycles. The van der Waals surface area contributed by atoms with E-state index in [-0.39, 0.29) is 0 Å². The van der Waals surface area contributed by atoms with Gasteiger partial charge in [-0.05, 0) is 32.5 Å². The second-order valence-corrected chi connectivity index (χ2v) is 4.54. The number of hydrogen-bond donors (Lipinski definition) is 1. The van der Waals surface area contributed by atoms with Gasteiger partial charge in [0.2, 0.25) is 0 Å². The Hall–Kier alpha value is -1.14. The first-order chi connectivity index (χ1) is 8.31. The summed E-state index contributed by atoms with van der Waals surface area (Å²) < 4.78 is 1.84. The summed E-state index contributed by atoms with van der Waals surface area (Å²) in [4.78, 5) is 4.86. The van der Waals surface area contributed by atoms with Crippen molar-refractivity contribution in [2.75, 3.05) is 44.2 Å². The number of nitrogens with two attached hydrogens (primary N) is 1. The molecule has 0 amide bonds. The van der Waals surface area contributed by atoms with Gasteiger partial charge in [-0.1, -0.05) is 5.21 Å². The van der Waals surface area contributed by atoms with Crippen LogP contribution >= 0.6 is 0 Å². The molecule has 6 nitrogen and oxygen atoms in total. The number of rotatable bonds is 4. The third-order valence-corrected chi connectivity index (χ3v) is 3.28. The molecule has 0 spiro atoms. The normalized spacial score (nSPS) is 18.4. The quantitative estimate of drug-likeness (QED) is 0.778. The monoisotopic (exact) mass is 238 g/mol. The van der Waals surface area contributed by atoms with E-state index in [1.165, 1.54) is 13.0 Å². The summed E-state index contributed by atoms with van der Waals surface area (Å²) in [6.45, 7) is 6.30. The Labute approximate surface area is 102 Å². The van der Waals surface area contributed by atoms with Gasteiger partial charge < -0.3 is 15.5 Å². The lowest BCUT2D eigenvalue weighted by Gasteiger charge is -2.22. The van der Waals surface area contributed by atoms with Crippen molar-refractivity contribution < 1.29 is 0 Å². The van der Waals surface area contributed by atoms with Gasteiger partial charge in [-0.25, -0.2) is 4.68 Å². The Morgan fingerprint density at radius 3 is 2.88 bits per heavy atom. The number of aryl methyl sites for hydroxylation is 1. The standard InChI is InChI=1S/C11H22N6/c1-15-11(10-13-14-15)17-7-3-6-16(8-9-17)5-2-4-12/h10H,2-9,12H2,1H3. The molecule has 0 saturated carbocycles. The van der Waals surface area contributed by atoms with E-state index >= 15 is 0 Å². The maximum atomic E-state index is 5.55. The van der Waals surface area contributed by atoms with Gasteiger partial charge in [-0.3, -0.25) is 0 Å². The first-order valence-corrected chi connectivity index (χ1v) is 6.33. The van der Waals surface area contributed by atoms with Gasteiger partial charge in [0.05, 0.1) is 6.20 Å². The van der Waals surface area contributed by atoms with Crippen molar-refractivity contribution in [2.45, 2.75) is 12.8 Å². The van der Waals surface area contributed by atoms with Crippen LogP contribution in [0.1, 0.15) is 12.8 Å². The zero-order chi connectivity index (χ0) is 12.1. The van der Waals surface area contributed by atoms with Crippen LogP contribution in [-0.2, 0) is 7.05 Å². The van der Waals surface area contributed by atoms with Crippen LogP contribution in [0.5, 0.6) is 0 Å². The van der Waals surface area contributed by atoms with Gasteiger partial charge in [0.1, 0.15) is 5.82 Å². The largest absolute Gasteiger partial charge is 0.354 e. The van der Waals surface area contributed by atoms with E-state index in [4.69, 9.17) is 5.73 Å². The molecule has 0 atom stereocenters. The summed E-state index contributed by atoms with van der Waals surface area (Å²) >= 11 is 0. The van der Waals surface area contributed by atoms with E-state index < -0.39 is 0 Å². The number of anilines is 1. The highest BCUT2D eigenvalue weighted by Gasteiger charge is 2.16. The summed E-state index contributed by atoms with van der Waals surface area (Å²) in [7, 11) is 1.94. The van der Waals surface area contributed by atoms with Gasteiger partial charge >= 0.3 is 0 Å². The van der Waals surface area contributed by atoms with Crippen molar-refractivity contribution in [2.24, 2.45) is 12.8 Å². The van der Waals surface area contributed by atoms with E-state index in [2.05, 4.69) is 20.1 Å². The fraction of sp³-hybridized carbons (Fsp3) is 0.818. The van der Waals surface area contributed by atoms with Gasteiger partial charge in [-0.2, -0.15) is 0 Å². The van der Waals surface area contributed by atoms with Crippen molar-refractivity contribution in [3.05, 3.63) is 6.20 Å². The molecule has 0 bridgehead atoms. The first kappa shape index (κ1) is 12.3. The van der Waals surface area contributed by atoms with Crippen LogP contribution in [0, 0.1) is 0 Å². The fourth-order valence-corrected chi connectivity index (χ4v) is 2.31. The minimum absolute atomic E-state index is 0.784. The summed E-state index contributed by atoms with van der Waals surface area (Å²) in [5, 5.41) is 7.92. The number of hydrogen-bond acceptors (Lipinski definition) is 5. The second-order valence-electron chi connectivity index (χ2n) is 4.54. The predicted molar refractivity (Wildman–Crippen MR) is 67.9 cm³/mol. The molecule has 6 heteroatoms. The molecular formula is C11H22N6. The maximum Gasteiger partial charge on any atom is 0.147 e. The van der Waals surface area contributed by atoms with Crippen molar-refractivity contribution >= 4 is 5.82 Å². The molecule has 1 aromatic heterocycles. The van der Waals surface area contributed by atoms with E-state index in [0.29, 0.717) is 0 Å². The highest BCUT2D eigenvalue weighted by Crippen LogP contribution is 2.13. The predicted octanol–water partition coefficient (Wildman–Crippen LogP) is -0.324. The van der Waals surface area contributed by atoms with Crippen LogP contribution in [0.3, 0.4) is 0 Å². The topological polar surface area (TPSA) is 63.2 Å². The molecule has 0 aliphatic carbocycles. The minimum atomic E-state index is 0.784. The summed E-state index contributed by atoms with van der Waals surface area (Å²) in [5.41, 5.74) is 5.55. The van der Waals surface area contributed by atoms with Crippen LogP contribution in [0.2, 0.25) is 0 Å². The minimum Gasteiger partial charge on any atom is -0.354 e. The Morgan fingerprint density at radius 1 is 1.29 bits per heavy atom. The first-order valence-electron chi connectivity index (χ1n) is 6.33. The highest BCUT2D eigenvalue weighted by molar-refractivity contribution is 5.35. The third kappa shape index (κ3) is 3.17. The number of nitrogens with zero attached hydrogens (tertiary/aromatic N) is 5. The fourth-order valence-electron chi connectivity index (χ4n) is 2.31. The lowest BCUT2D eigenvalue weighted by Crippen LogP contribution is -2.32. The van der Waals surface area contributed by atoms with Gasteiger partial charge in [-0.15, -0.1) is 5.10 Å². The molecule has 96 valence electrons. The van der Waals surface area contributed by atoms with E-state index in [9.17, 15) is 0 Å². The van der Waals surface area contributed by atoms with Crippen LogP contribution in [0.15, 0.2) is 6.20 Å². The van der Waals surface area contributed by atoms with Gasteiger partial charge in [0.25, 0.3) is 0 Å². The lowest BCUT2D eigenvalue weighted by molar-refractivity contribution is 0.291. The average molecular weight is 238 g/mol. The van der Waals surface area contributed by atoms with Crippen molar-refractivity contribution in [3.63, 3.8) is 0 Å². The maximum absolute atomic E-state index is 5.55. The molecule has 2 rings (SSSR count). The van der Waals surface area contributed by atoms with Crippen LogP contribution in [-0.4, -0.2) is 59.2 Å². The molecule has 2 heterocycles. The van der Waals surface area contributed by atoms with E-state index in [0.717, 1.165) is 45.0 Å². The lowest BCUT2D eigenvalue weighted by atomic mass is 10.3. The Bertz CT molecular complexity index is 336. The molecule has 0 unspecified atom stereocenters. The summed E-state index contributed by atoms with van der Waals surface area (Å²) in [6, 6.07) is 0. The summed E-state index contributed by atoms with van der Waals surface area (Å²) in [5.74, 6) is 1.12. The van der Waals surface area contributed by atoms with Crippen LogP contribution in [0.25, 0.3) is 0 Å². The van der Waals surface area contributed by atoms with Crippen LogP contribution in [0.4, 0.5) is 5.82 Å².